The SMILES string of the molecule is C1CCCCCCCCCCCCCCCCCCC1.CC.CC. The van der Waals surface area contributed by atoms with Crippen molar-refractivity contribution < 1.29 is 0 Å². The van der Waals surface area contributed by atoms with Crippen LogP contribution in [0.5, 0.6) is 0 Å². The van der Waals surface area contributed by atoms with Crippen molar-refractivity contribution in [2.45, 2.75) is 156 Å². The van der Waals surface area contributed by atoms with Gasteiger partial charge >= 0.3 is 0 Å². The highest BCUT2D eigenvalue weighted by Gasteiger charge is 1.96. The molecule has 1 fully saturated rings. The second-order valence-corrected chi connectivity index (χ2v) is 7.07. The molecule has 0 radical (unpaired) electrons. The van der Waals surface area contributed by atoms with Gasteiger partial charge in [0, 0.05) is 0 Å². The molecule has 0 bridgehead atoms. The van der Waals surface area contributed by atoms with Gasteiger partial charge in [0.25, 0.3) is 0 Å². The molecule has 0 heterocycles. The largest absolute Gasteiger partial charge is 0.0683 e. The van der Waals surface area contributed by atoms with Crippen LogP contribution in [0.1, 0.15) is 156 Å². The third-order valence-electron chi connectivity index (χ3n) is 5.00. The maximum atomic E-state index is 2.00. The standard InChI is InChI=1S/C20H40.2C2H6/c1-2-4-6-8-10-12-14-16-18-20-19-17-15-13-11-9-7-5-3-1;2*1-2/h1-20H2;2*1-2H3. The topological polar surface area (TPSA) is 0 Å². The van der Waals surface area contributed by atoms with Gasteiger partial charge in [0.05, 0.1) is 0 Å². The summed E-state index contributed by atoms with van der Waals surface area (Å²) in [4.78, 5) is 0. The van der Waals surface area contributed by atoms with Gasteiger partial charge in [0.1, 0.15) is 0 Å². The van der Waals surface area contributed by atoms with Crippen molar-refractivity contribution in [3.63, 3.8) is 0 Å². The zero-order valence-electron chi connectivity index (χ0n) is 18.1. The van der Waals surface area contributed by atoms with Gasteiger partial charge in [-0.1, -0.05) is 156 Å². The zero-order chi connectivity index (χ0) is 18.1. The first-order valence-corrected chi connectivity index (χ1v) is 12.0. The van der Waals surface area contributed by atoms with Crippen LogP contribution in [0.15, 0.2) is 0 Å². The lowest BCUT2D eigenvalue weighted by molar-refractivity contribution is 0.504. The van der Waals surface area contributed by atoms with E-state index in [1.54, 1.807) is 0 Å². The van der Waals surface area contributed by atoms with E-state index in [4.69, 9.17) is 0 Å². The third-order valence-corrected chi connectivity index (χ3v) is 5.00. The van der Waals surface area contributed by atoms with Gasteiger partial charge in [-0.3, -0.25) is 0 Å². The third kappa shape index (κ3) is 24.3. The van der Waals surface area contributed by atoms with Crippen molar-refractivity contribution in [2.75, 3.05) is 0 Å². The molecule has 0 nitrogen and oxygen atoms in total. The summed E-state index contributed by atoms with van der Waals surface area (Å²) >= 11 is 0. The minimum atomic E-state index is 1.50. The molecular weight excluding hydrogens is 288 g/mol. The Morgan fingerprint density at radius 2 is 0.208 bits per heavy atom. The summed E-state index contributed by atoms with van der Waals surface area (Å²) in [6, 6.07) is 0. The lowest BCUT2D eigenvalue weighted by Crippen LogP contribution is -1.85. The molecule has 0 unspecified atom stereocenters. The van der Waals surface area contributed by atoms with Gasteiger partial charge in [0.2, 0.25) is 0 Å². The first kappa shape index (κ1) is 26.2. The molecule has 1 rings (SSSR count). The van der Waals surface area contributed by atoms with Crippen LogP contribution in [0, 0.1) is 0 Å². The van der Waals surface area contributed by atoms with Crippen molar-refractivity contribution in [2.24, 2.45) is 0 Å². The van der Waals surface area contributed by atoms with Gasteiger partial charge < -0.3 is 0 Å². The van der Waals surface area contributed by atoms with Crippen LogP contribution in [0.4, 0.5) is 0 Å². The Hall–Kier alpha value is 0. The van der Waals surface area contributed by atoms with E-state index >= 15 is 0 Å². The summed E-state index contributed by atoms with van der Waals surface area (Å²) in [5, 5.41) is 0. The van der Waals surface area contributed by atoms with Crippen LogP contribution in [0.3, 0.4) is 0 Å². The predicted molar refractivity (Wildman–Crippen MR) is 115 cm³/mol. The fraction of sp³-hybridized carbons (Fsp3) is 1.00. The monoisotopic (exact) mass is 340 g/mol. The minimum absolute atomic E-state index is 1.50. The molecule has 1 aliphatic rings. The average molecular weight is 341 g/mol. The quantitative estimate of drug-likeness (QED) is 0.411. The van der Waals surface area contributed by atoms with Gasteiger partial charge in [-0.05, 0) is 0 Å². The van der Waals surface area contributed by atoms with Crippen molar-refractivity contribution in [3.8, 4) is 0 Å². The van der Waals surface area contributed by atoms with Crippen LogP contribution in [0.2, 0.25) is 0 Å². The first-order valence-electron chi connectivity index (χ1n) is 12.0. The maximum Gasteiger partial charge on any atom is -0.0533 e. The summed E-state index contributed by atoms with van der Waals surface area (Å²) in [7, 11) is 0. The smallest absolute Gasteiger partial charge is 0.0533 e. The van der Waals surface area contributed by atoms with E-state index in [0.717, 1.165) is 0 Å². The van der Waals surface area contributed by atoms with E-state index in [-0.39, 0.29) is 0 Å². The number of hydrogen-bond acceptors (Lipinski definition) is 0. The zero-order valence-corrected chi connectivity index (χ0v) is 18.1. The molecule has 0 aliphatic heterocycles. The van der Waals surface area contributed by atoms with Crippen molar-refractivity contribution in [1.29, 1.82) is 0 Å². The second-order valence-electron chi connectivity index (χ2n) is 7.07. The average Bonchev–Trinajstić information content (AvgIpc) is 2.64. The Kier molecular flexibility index (Phi) is 30.4. The molecule has 0 heteroatoms. The summed E-state index contributed by atoms with van der Waals surface area (Å²) in [6.07, 6.45) is 30.0. The number of rotatable bonds is 0. The Bertz CT molecular complexity index is 86.4. The molecule has 0 aromatic heterocycles. The molecule has 0 amide bonds. The fourth-order valence-corrected chi connectivity index (χ4v) is 3.54. The Morgan fingerprint density at radius 1 is 0.167 bits per heavy atom. The molecular formula is C24H52. The van der Waals surface area contributed by atoms with Crippen molar-refractivity contribution >= 4 is 0 Å². The maximum absolute atomic E-state index is 2.00. The highest BCUT2D eigenvalue weighted by Crippen LogP contribution is 2.16. The number of hydrogen-bond donors (Lipinski definition) is 0. The Morgan fingerprint density at radius 3 is 0.250 bits per heavy atom. The predicted octanol–water partition coefficient (Wildman–Crippen LogP) is 9.85. The van der Waals surface area contributed by atoms with E-state index in [9.17, 15) is 0 Å². The first-order chi connectivity index (χ1) is 12.0. The van der Waals surface area contributed by atoms with Gasteiger partial charge in [-0.15, -0.1) is 0 Å². The van der Waals surface area contributed by atoms with Crippen LogP contribution in [-0.2, 0) is 0 Å². The Labute approximate surface area is 156 Å². The molecule has 0 atom stereocenters. The molecule has 0 aromatic carbocycles. The molecule has 1 aliphatic carbocycles. The van der Waals surface area contributed by atoms with Crippen LogP contribution >= 0.6 is 0 Å². The van der Waals surface area contributed by atoms with Crippen LogP contribution < -0.4 is 0 Å². The molecule has 24 heavy (non-hydrogen) atoms. The molecule has 0 saturated heterocycles. The minimum Gasteiger partial charge on any atom is -0.0683 e. The highest BCUT2D eigenvalue weighted by atomic mass is 14.0. The summed E-state index contributed by atoms with van der Waals surface area (Å²) in [5.74, 6) is 0. The summed E-state index contributed by atoms with van der Waals surface area (Å²) in [6.45, 7) is 8.00. The molecule has 0 spiro atoms. The molecule has 1 saturated carbocycles. The molecule has 0 aromatic rings. The second kappa shape index (κ2) is 27.8. The Balaban J connectivity index is 0. The van der Waals surface area contributed by atoms with Crippen molar-refractivity contribution in [3.05, 3.63) is 0 Å². The van der Waals surface area contributed by atoms with E-state index < -0.39 is 0 Å². The van der Waals surface area contributed by atoms with Crippen molar-refractivity contribution in [1.82, 2.24) is 0 Å². The summed E-state index contributed by atoms with van der Waals surface area (Å²) in [5.41, 5.74) is 0. The van der Waals surface area contributed by atoms with Gasteiger partial charge in [-0.2, -0.15) is 0 Å². The summed E-state index contributed by atoms with van der Waals surface area (Å²) < 4.78 is 0. The lowest BCUT2D eigenvalue weighted by atomic mass is 10.0. The normalized spacial score (nSPS) is 20.5. The van der Waals surface area contributed by atoms with Crippen LogP contribution in [-0.4, -0.2) is 0 Å². The van der Waals surface area contributed by atoms with Gasteiger partial charge in [-0.25, -0.2) is 0 Å². The van der Waals surface area contributed by atoms with E-state index in [0.29, 0.717) is 0 Å². The molecule has 148 valence electrons. The van der Waals surface area contributed by atoms with E-state index in [2.05, 4.69) is 0 Å². The lowest BCUT2D eigenvalue weighted by Gasteiger charge is -2.05. The van der Waals surface area contributed by atoms with E-state index in [1.165, 1.54) is 128 Å². The highest BCUT2D eigenvalue weighted by molar-refractivity contribution is 4.52. The van der Waals surface area contributed by atoms with E-state index in [1.807, 2.05) is 27.7 Å². The molecule has 0 N–H and O–H groups in total. The van der Waals surface area contributed by atoms with Gasteiger partial charge in [0.15, 0.2) is 0 Å². The fourth-order valence-electron chi connectivity index (χ4n) is 3.54. The van der Waals surface area contributed by atoms with Crippen LogP contribution in [0.25, 0.3) is 0 Å².